The van der Waals surface area contributed by atoms with E-state index >= 15 is 0 Å². The summed E-state index contributed by atoms with van der Waals surface area (Å²) in [6.45, 7) is 5.15. The Kier molecular flexibility index (Phi) is 3.97. The van der Waals surface area contributed by atoms with Gasteiger partial charge in [0.25, 0.3) is 0 Å². The van der Waals surface area contributed by atoms with E-state index in [1.807, 2.05) is 13.8 Å². The summed E-state index contributed by atoms with van der Waals surface area (Å²) in [5.74, 6) is 0. The van der Waals surface area contributed by atoms with Crippen LogP contribution < -0.4 is 10.6 Å². The molecule has 2 rings (SSSR count). The number of hydrogen-bond acceptors (Lipinski definition) is 3. The lowest BCUT2D eigenvalue weighted by atomic mass is 10.0. The van der Waals surface area contributed by atoms with E-state index < -0.39 is 17.3 Å². The average molecular weight is 288 g/mol. The second-order valence-corrected chi connectivity index (χ2v) is 5.58. The minimum atomic E-state index is -4.39. The van der Waals surface area contributed by atoms with Crippen LogP contribution in [0.1, 0.15) is 25.0 Å². The van der Waals surface area contributed by atoms with E-state index in [1.54, 1.807) is 11.0 Å². The van der Waals surface area contributed by atoms with Gasteiger partial charge in [0.1, 0.15) is 0 Å². The number of rotatable bonds is 2. The Bertz CT molecular complexity index is 486. The molecule has 3 nitrogen and oxygen atoms in total. The van der Waals surface area contributed by atoms with Crippen LogP contribution in [0.3, 0.4) is 0 Å². The molecule has 20 heavy (non-hydrogen) atoms. The third-order valence-corrected chi connectivity index (χ3v) is 3.37. The molecular weight excluding hydrogens is 269 g/mol. The van der Waals surface area contributed by atoms with E-state index in [4.69, 9.17) is 10.5 Å². The van der Waals surface area contributed by atoms with Crippen molar-refractivity contribution in [2.75, 3.05) is 24.6 Å². The van der Waals surface area contributed by atoms with Crippen LogP contribution in [-0.2, 0) is 17.5 Å². The molecule has 112 valence electrons. The summed E-state index contributed by atoms with van der Waals surface area (Å²) in [5.41, 5.74) is 5.04. The van der Waals surface area contributed by atoms with Crippen LogP contribution in [0.25, 0.3) is 0 Å². The molecule has 0 aromatic heterocycles. The summed E-state index contributed by atoms with van der Waals surface area (Å²) in [4.78, 5) is 1.73. The molecular formula is C14H19F3N2O. The molecule has 0 aliphatic carbocycles. The maximum atomic E-state index is 13.2. The normalized spacial score (nSPS) is 19.2. The minimum absolute atomic E-state index is 0.0952. The van der Waals surface area contributed by atoms with Crippen LogP contribution >= 0.6 is 0 Å². The number of hydrogen-bond donors (Lipinski definition) is 1. The summed E-state index contributed by atoms with van der Waals surface area (Å²) in [6.07, 6.45) is -4.39. The number of nitrogens with zero attached hydrogens (tertiary/aromatic N) is 1. The van der Waals surface area contributed by atoms with Gasteiger partial charge in [-0.15, -0.1) is 0 Å². The lowest BCUT2D eigenvalue weighted by molar-refractivity contribution is -0.137. The van der Waals surface area contributed by atoms with Gasteiger partial charge in [0, 0.05) is 25.3 Å². The molecule has 1 aromatic carbocycles. The topological polar surface area (TPSA) is 38.5 Å². The molecule has 0 radical (unpaired) electrons. The van der Waals surface area contributed by atoms with E-state index in [-0.39, 0.29) is 12.2 Å². The van der Waals surface area contributed by atoms with Crippen molar-refractivity contribution in [3.8, 4) is 0 Å². The van der Waals surface area contributed by atoms with Crippen LogP contribution in [0, 0.1) is 0 Å². The van der Waals surface area contributed by atoms with Crippen LogP contribution in [0.2, 0.25) is 0 Å². The first kappa shape index (κ1) is 15.1. The second kappa shape index (κ2) is 5.26. The molecule has 2 N–H and O–H groups in total. The molecule has 0 unspecified atom stereocenters. The summed E-state index contributed by atoms with van der Waals surface area (Å²) in [5, 5.41) is 0. The quantitative estimate of drug-likeness (QED) is 0.909. The Hall–Kier alpha value is -1.27. The minimum Gasteiger partial charge on any atom is -0.372 e. The predicted octanol–water partition coefficient (Wildman–Crippen LogP) is 2.78. The fourth-order valence-corrected chi connectivity index (χ4v) is 2.44. The monoisotopic (exact) mass is 288 g/mol. The number of benzene rings is 1. The van der Waals surface area contributed by atoms with Gasteiger partial charge in [-0.3, -0.25) is 0 Å². The van der Waals surface area contributed by atoms with Crippen molar-refractivity contribution < 1.29 is 17.9 Å². The molecule has 1 aliphatic heterocycles. The van der Waals surface area contributed by atoms with E-state index in [0.717, 1.165) is 6.07 Å². The summed E-state index contributed by atoms with van der Waals surface area (Å²) in [6, 6.07) is 4.29. The van der Waals surface area contributed by atoms with Crippen LogP contribution in [-0.4, -0.2) is 25.3 Å². The van der Waals surface area contributed by atoms with Gasteiger partial charge in [-0.2, -0.15) is 13.2 Å². The summed E-state index contributed by atoms with van der Waals surface area (Å²) >= 11 is 0. The average Bonchev–Trinajstić information content (AvgIpc) is 2.35. The van der Waals surface area contributed by atoms with Gasteiger partial charge in [0.2, 0.25) is 0 Å². The first-order valence-corrected chi connectivity index (χ1v) is 6.52. The lowest BCUT2D eigenvalue weighted by Crippen LogP contribution is -2.48. The zero-order valence-electron chi connectivity index (χ0n) is 11.6. The van der Waals surface area contributed by atoms with Crippen molar-refractivity contribution in [3.05, 3.63) is 29.3 Å². The molecule has 1 aromatic rings. The third-order valence-electron chi connectivity index (χ3n) is 3.37. The van der Waals surface area contributed by atoms with Crippen LogP contribution in [0.4, 0.5) is 18.9 Å². The Morgan fingerprint density at radius 1 is 1.35 bits per heavy atom. The maximum absolute atomic E-state index is 13.2. The van der Waals surface area contributed by atoms with Crippen molar-refractivity contribution in [1.29, 1.82) is 0 Å². The first-order valence-electron chi connectivity index (χ1n) is 6.52. The summed E-state index contributed by atoms with van der Waals surface area (Å²) in [7, 11) is 0. The van der Waals surface area contributed by atoms with Crippen molar-refractivity contribution in [1.82, 2.24) is 0 Å². The van der Waals surface area contributed by atoms with E-state index in [0.29, 0.717) is 25.3 Å². The Morgan fingerprint density at radius 3 is 2.60 bits per heavy atom. The van der Waals surface area contributed by atoms with Crippen LogP contribution in [0.5, 0.6) is 0 Å². The van der Waals surface area contributed by atoms with Crippen molar-refractivity contribution in [2.45, 2.75) is 32.2 Å². The van der Waals surface area contributed by atoms with Crippen molar-refractivity contribution in [3.63, 3.8) is 0 Å². The van der Waals surface area contributed by atoms with Crippen LogP contribution in [0.15, 0.2) is 18.2 Å². The smallest absolute Gasteiger partial charge is 0.372 e. The second-order valence-electron chi connectivity index (χ2n) is 5.58. The molecule has 0 atom stereocenters. The van der Waals surface area contributed by atoms with E-state index in [9.17, 15) is 13.2 Å². The number of morpholine rings is 1. The molecule has 6 heteroatoms. The molecule has 1 aliphatic rings. The molecule has 0 saturated carbocycles. The van der Waals surface area contributed by atoms with Gasteiger partial charge in [0.15, 0.2) is 0 Å². The zero-order valence-corrected chi connectivity index (χ0v) is 11.6. The van der Waals surface area contributed by atoms with Crippen molar-refractivity contribution in [2.24, 2.45) is 5.73 Å². The highest BCUT2D eigenvalue weighted by atomic mass is 19.4. The molecule has 0 bridgehead atoms. The molecule has 0 spiro atoms. The lowest BCUT2D eigenvalue weighted by Gasteiger charge is -2.40. The number of ether oxygens (including phenoxy) is 1. The highest BCUT2D eigenvalue weighted by Gasteiger charge is 2.37. The van der Waals surface area contributed by atoms with E-state index in [1.165, 1.54) is 6.07 Å². The fraction of sp³-hybridized carbons (Fsp3) is 0.571. The van der Waals surface area contributed by atoms with Gasteiger partial charge in [-0.1, -0.05) is 6.07 Å². The largest absolute Gasteiger partial charge is 0.418 e. The molecule has 1 fully saturated rings. The van der Waals surface area contributed by atoms with Gasteiger partial charge in [-0.05, 0) is 31.5 Å². The highest BCUT2D eigenvalue weighted by molar-refractivity contribution is 5.57. The third kappa shape index (κ3) is 3.24. The van der Waals surface area contributed by atoms with Gasteiger partial charge < -0.3 is 15.4 Å². The standard InChI is InChI=1S/C14H19F3N2O/c1-13(2)9-19(5-6-20-13)12-4-3-10(8-18)7-11(12)14(15,16)17/h3-4,7H,5-6,8-9,18H2,1-2H3. The predicted molar refractivity (Wildman–Crippen MR) is 71.6 cm³/mol. The van der Waals surface area contributed by atoms with Crippen molar-refractivity contribution >= 4 is 5.69 Å². The number of nitrogens with two attached hydrogens (primary N) is 1. The van der Waals surface area contributed by atoms with Gasteiger partial charge >= 0.3 is 6.18 Å². The maximum Gasteiger partial charge on any atom is 0.418 e. The number of anilines is 1. The van der Waals surface area contributed by atoms with E-state index in [2.05, 4.69) is 0 Å². The summed E-state index contributed by atoms with van der Waals surface area (Å²) < 4.78 is 45.2. The Labute approximate surface area is 116 Å². The Morgan fingerprint density at radius 2 is 2.05 bits per heavy atom. The SMILES string of the molecule is CC1(C)CN(c2ccc(CN)cc2C(F)(F)F)CCO1. The zero-order chi connectivity index (χ0) is 15.0. The number of halogens is 3. The fourth-order valence-electron chi connectivity index (χ4n) is 2.44. The van der Waals surface area contributed by atoms with Gasteiger partial charge in [0.05, 0.1) is 17.8 Å². The molecule has 0 amide bonds. The molecule has 1 saturated heterocycles. The molecule has 1 heterocycles. The highest BCUT2D eigenvalue weighted by Crippen LogP contribution is 2.38. The first-order chi connectivity index (χ1) is 9.23. The Balaban J connectivity index is 2.40. The van der Waals surface area contributed by atoms with Gasteiger partial charge in [-0.25, -0.2) is 0 Å². The number of alkyl halides is 3.